The number of nitrogens with one attached hydrogen (secondary N) is 1. The lowest BCUT2D eigenvalue weighted by Crippen LogP contribution is -2.60. The molecule has 2 aromatic rings. The van der Waals surface area contributed by atoms with Gasteiger partial charge in [0.15, 0.2) is 0 Å². The van der Waals surface area contributed by atoms with Crippen LogP contribution in [0.1, 0.15) is 56.1 Å². The molecule has 3 fully saturated rings. The molecule has 3 aliphatic rings. The largest absolute Gasteiger partial charge is 0.337 e. The van der Waals surface area contributed by atoms with Crippen LogP contribution in [-0.4, -0.2) is 37.4 Å². The molecule has 0 unspecified atom stereocenters. The molecule has 2 heterocycles. The number of hydrogen-bond acceptors (Lipinski definition) is 3. The molecule has 0 bridgehead atoms. The van der Waals surface area contributed by atoms with Crippen molar-refractivity contribution in [3.8, 4) is 0 Å². The molecular weight excluding hydrogens is 432 g/mol. The third-order valence-corrected chi connectivity index (χ3v) is 9.81. The molecule has 1 spiro atoms. The summed E-state index contributed by atoms with van der Waals surface area (Å²) in [5.41, 5.74) is 2.18. The third-order valence-electron chi connectivity index (χ3n) is 8.30. The molecule has 1 amide bonds. The van der Waals surface area contributed by atoms with Gasteiger partial charge < -0.3 is 4.90 Å². The third kappa shape index (κ3) is 4.24. The van der Waals surface area contributed by atoms with E-state index in [1.165, 1.54) is 5.56 Å². The van der Waals surface area contributed by atoms with Gasteiger partial charge in [0.1, 0.15) is 0 Å². The number of carbonyl (C=O) groups is 1. The summed E-state index contributed by atoms with van der Waals surface area (Å²) >= 11 is 0. The van der Waals surface area contributed by atoms with Crippen molar-refractivity contribution in [3.63, 3.8) is 0 Å². The maximum atomic E-state index is 13.3. The van der Waals surface area contributed by atoms with Crippen LogP contribution >= 0.6 is 0 Å². The van der Waals surface area contributed by atoms with Gasteiger partial charge in [0.25, 0.3) is 0 Å². The summed E-state index contributed by atoms with van der Waals surface area (Å²) in [6, 6.07) is 17.3. The van der Waals surface area contributed by atoms with Crippen molar-refractivity contribution in [2.75, 3.05) is 6.54 Å². The Balaban J connectivity index is 1.49. The minimum atomic E-state index is -3.61. The zero-order valence-electron chi connectivity index (χ0n) is 19.4. The predicted octanol–water partition coefficient (Wildman–Crippen LogP) is 4.46. The van der Waals surface area contributed by atoms with Gasteiger partial charge in [-0.1, -0.05) is 48.0 Å². The van der Waals surface area contributed by atoms with E-state index in [2.05, 4.69) is 33.9 Å². The highest BCUT2D eigenvalue weighted by atomic mass is 32.2. The average molecular weight is 467 g/mol. The summed E-state index contributed by atoms with van der Waals surface area (Å²) in [4.78, 5) is 15.5. The lowest BCUT2D eigenvalue weighted by atomic mass is 9.61. The Bertz CT molecular complexity index is 1100. The molecule has 4 atom stereocenters. The second-order valence-electron chi connectivity index (χ2n) is 10.2. The topological polar surface area (TPSA) is 66.5 Å². The summed E-state index contributed by atoms with van der Waals surface area (Å²) in [5.74, 6) is 0.770. The minimum Gasteiger partial charge on any atom is -0.337 e. The van der Waals surface area contributed by atoms with Gasteiger partial charge in [0.05, 0.1) is 4.90 Å². The average Bonchev–Trinajstić information content (AvgIpc) is 3.17. The smallest absolute Gasteiger partial charge is 0.240 e. The van der Waals surface area contributed by atoms with E-state index in [4.69, 9.17) is 0 Å². The van der Waals surface area contributed by atoms with E-state index in [9.17, 15) is 13.2 Å². The zero-order valence-corrected chi connectivity index (χ0v) is 20.2. The standard InChI is InChI=1S/C27H34N2O3S/c1-20-11-13-22(14-12-20)33(31,32)28-25-15-17-27-16-6-18-29(27)26(30)10-5-9-24(27)23(25)19-21-7-3-2-4-8-21/h2-4,7-8,11-14,23-25,28H,5-6,9-10,15-19H2,1H3/t23-,24+,25+,27-/m1/s1. The van der Waals surface area contributed by atoms with E-state index in [-0.39, 0.29) is 17.5 Å². The van der Waals surface area contributed by atoms with E-state index in [0.29, 0.717) is 23.1 Å². The summed E-state index contributed by atoms with van der Waals surface area (Å²) in [6.45, 7) is 2.81. The molecule has 2 aromatic carbocycles. The Morgan fingerprint density at radius 3 is 2.52 bits per heavy atom. The lowest BCUT2D eigenvalue weighted by Gasteiger charge is -2.53. The van der Waals surface area contributed by atoms with Gasteiger partial charge >= 0.3 is 0 Å². The lowest BCUT2D eigenvalue weighted by molar-refractivity contribution is -0.138. The van der Waals surface area contributed by atoms with E-state index < -0.39 is 10.0 Å². The van der Waals surface area contributed by atoms with Crippen LogP contribution < -0.4 is 4.72 Å². The molecule has 2 aliphatic heterocycles. The van der Waals surface area contributed by atoms with Gasteiger partial charge in [-0.15, -0.1) is 0 Å². The molecule has 0 radical (unpaired) electrons. The van der Waals surface area contributed by atoms with Gasteiger partial charge in [0.2, 0.25) is 15.9 Å². The molecule has 0 aromatic heterocycles. The monoisotopic (exact) mass is 466 g/mol. The Morgan fingerprint density at radius 2 is 1.76 bits per heavy atom. The second kappa shape index (κ2) is 8.88. The van der Waals surface area contributed by atoms with Gasteiger partial charge in [-0.25, -0.2) is 13.1 Å². The molecule has 1 saturated carbocycles. The highest BCUT2D eigenvalue weighted by molar-refractivity contribution is 7.89. The van der Waals surface area contributed by atoms with Crippen LogP contribution in [0.3, 0.4) is 0 Å². The number of benzene rings is 2. The Hall–Kier alpha value is -2.18. The summed E-state index contributed by atoms with van der Waals surface area (Å²) < 4.78 is 29.8. The minimum absolute atomic E-state index is 0.0984. The van der Waals surface area contributed by atoms with Gasteiger partial charge in [-0.3, -0.25) is 4.79 Å². The molecule has 1 aliphatic carbocycles. The van der Waals surface area contributed by atoms with Crippen LogP contribution in [0.15, 0.2) is 59.5 Å². The molecule has 5 rings (SSSR count). The van der Waals surface area contributed by atoms with E-state index in [1.807, 2.05) is 25.1 Å². The van der Waals surface area contributed by atoms with Crippen molar-refractivity contribution in [2.45, 2.75) is 74.8 Å². The first-order chi connectivity index (χ1) is 15.9. The number of amides is 1. The fraction of sp³-hybridized carbons (Fsp3) is 0.519. The molecule has 176 valence electrons. The van der Waals surface area contributed by atoms with Crippen LogP contribution in [0.4, 0.5) is 0 Å². The number of hydrogen-bond donors (Lipinski definition) is 1. The normalized spacial score (nSPS) is 29.9. The maximum Gasteiger partial charge on any atom is 0.240 e. The first kappa shape index (κ1) is 22.6. The number of carbonyl (C=O) groups excluding carboxylic acids is 1. The SMILES string of the molecule is Cc1ccc(S(=O)(=O)N[C@H]2CC[C@@]34CCCN3C(=O)CCC[C@H]4[C@H]2Cc2ccccc2)cc1. The fourth-order valence-corrected chi connectivity index (χ4v) is 8.12. The van der Waals surface area contributed by atoms with Gasteiger partial charge in [0, 0.05) is 24.5 Å². The molecular formula is C27H34N2O3S. The number of rotatable bonds is 5. The second-order valence-corrected chi connectivity index (χ2v) is 11.9. The number of nitrogens with zero attached hydrogens (tertiary/aromatic N) is 1. The fourth-order valence-electron chi connectivity index (χ4n) is 6.80. The quantitative estimate of drug-likeness (QED) is 0.708. The van der Waals surface area contributed by atoms with Crippen molar-refractivity contribution < 1.29 is 13.2 Å². The van der Waals surface area contributed by atoms with Crippen LogP contribution in [0.25, 0.3) is 0 Å². The van der Waals surface area contributed by atoms with Crippen molar-refractivity contribution in [2.24, 2.45) is 11.8 Å². The predicted molar refractivity (Wildman–Crippen MR) is 129 cm³/mol. The maximum absolute atomic E-state index is 13.3. The summed E-state index contributed by atoms with van der Waals surface area (Å²) in [6.07, 6.45) is 7.09. The summed E-state index contributed by atoms with van der Waals surface area (Å²) in [7, 11) is -3.61. The van der Waals surface area contributed by atoms with E-state index >= 15 is 0 Å². The van der Waals surface area contributed by atoms with Crippen molar-refractivity contribution in [3.05, 3.63) is 65.7 Å². The Labute approximate surface area is 197 Å². The van der Waals surface area contributed by atoms with E-state index in [0.717, 1.165) is 57.1 Å². The zero-order chi connectivity index (χ0) is 23.1. The Kier molecular flexibility index (Phi) is 6.08. The van der Waals surface area contributed by atoms with Crippen molar-refractivity contribution >= 4 is 15.9 Å². The van der Waals surface area contributed by atoms with Crippen molar-refractivity contribution in [1.82, 2.24) is 9.62 Å². The first-order valence-electron chi connectivity index (χ1n) is 12.3. The van der Waals surface area contributed by atoms with Crippen LogP contribution in [0.2, 0.25) is 0 Å². The Morgan fingerprint density at radius 1 is 1.00 bits per heavy atom. The first-order valence-corrected chi connectivity index (χ1v) is 13.8. The molecule has 6 heteroatoms. The summed E-state index contributed by atoms with van der Waals surface area (Å²) in [5, 5.41) is 0. The van der Waals surface area contributed by atoms with E-state index in [1.54, 1.807) is 12.1 Å². The van der Waals surface area contributed by atoms with Crippen LogP contribution in [0.5, 0.6) is 0 Å². The number of sulfonamides is 1. The number of aryl methyl sites for hydroxylation is 1. The molecule has 33 heavy (non-hydrogen) atoms. The van der Waals surface area contributed by atoms with Crippen LogP contribution in [-0.2, 0) is 21.2 Å². The van der Waals surface area contributed by atoms with Crippen LogP contribution in [0, 0.1) is 18.8 Å². The highest BCUT2D eigenvalue weighted by Crippen LogP contribution is 2.52. The molecule has 2 saturated heterocycles. The van der Waals surface area contributed by atoms with Gasteiger partial charge in [-0.2, -0.15) is 0 Å². The molecule has 1 N–H and O–H groups in total. The van der Waals surface area contributed by atoms with Crippen molar-refractivity contribution in [1.29, 1.82) is 0 Å². The molecule has 5 nitrogen and oxygen atoms in total. The highest BCUT2D eigenvalue weighted by Gasteiger charge is 2.56. The van der Waals surface area contributed by atoms with Gasteiger partial charge in [-0.05, 0) is 81.4 Å².